The molecule has 0 bridgehead atoms. The lowest BCUT2D eigenvalue weighted by Crippen LogP contribution is -2.45. The van der Waals surface area contributed by atoms with Crippen molar-refractivity contribution in [2.45, 2.75) is 19.1 Å². The number of nitrogens with zero attached hydrogens (tertiary/aromatic N) is 3. The highest BCUT2D eigenvalue weighted by atomic mass is 16.5. The van der Waals surface area contributed by atoms with Crippen molar-refractivity contribution >= 4 is 5.82 Å². The van der Waals surface area contributed by atoms with Gasteiger partial charge in [0.25, 0.3) is 5.56 Å². The number of aryl methyl sites for hydroxylation is 1. The van der Waals surface area contributed by atoms with Crippen molar-refractivity contribution in [3.05, 3.63) is 52.1 Å². The topological polar surface area (TPSA) is 68.6 Å². The third-order valence-electron chi connectivity index (χ3n) is 4.90. The van der Waals surface area contributed by atoms with Crippen molar-refractivity contribution in [1.82, 2.24) is 14.5 Å². The van der Waals surface area contributed by atoms with Gasteiger partial charge in [-0.3, -0.25) is 9.69 Å². The quantitative estimate of drug-likeness (QED) is 0.863. The summed E-state index contributed by atoms with van der Waals surface area (Å²) < 4.78 is 12.9. The normalized spacial score (nSPS) is 19.8. The Balaban J connectivity index is 1.34. The first-order valence-corrected chi connectivity index (χ1v) is 9.03. The second-order valence-electron chi connectivity index (χ2n) is 6.84. The van der Waals surface area contributed by atoms with Gasteiger partial charge in [0, 0.05) is 52.0 Å². The zero-order valence-electron chi connectivity index (χ0n) is 15.0. The van der Waals surface area contributed by atoms with Crippen LogP contribution in [0.4, 0.5) is 5.82 Å². The van der Waals surface area contributed by atoms with Gasteiger partial charge in [-0.2, -0.15) is 0 Å². The summed E-state index contributed by atoms with van der Waals surface area (Å²) >= 11 is 0. The van der Waals surface area contributed by atoms with E-state index in [1.165, 1.54) is 15.7 Å². The number of anilines is 1. The Bertz CT molecular complexity index is 836. The van der Waals surface area contributed by atoms with Crippen LogP contribution >= 0.6 is 0 Å². The first-order chi connectivity index (χ1) is 12.7. The number of rotatable bonds is 5. The Labute approximate surface area is 152 Å². The standard InChI is InChI=1S/C19H24N4O3/c1-22-6-5-20-18(19(22)24)21-11-16-13-23(7-9-25-16)12-14-2-3-17-15(10-14)4-8-26-17/h2-3,5-6,10,16H,4,7-9,11-13H2,1H3,(H,20,21)/t16-/m1/s1. The second kappa shape index (κ2) is 7.47. The molecule has 0 amide bonds. The number of hydrogen-bond acceptors (Lipinski definition) is 6. The van der Waals surface area contributed by atoms with E-state index < -0.39 is 0 Å². The highest BCUT2D eigenvalue weighted by molar-refractivity contribution is 5.39. The first kappa shape index (κ1) is 17.1. The Hall–Kier alpha value is -2.38. The average Bonchev–Trinajstić information content (AvgIpc) is 3.11. The van der Waals surface area contributed by atoms with Crippen LogP contribution in [0.15, 0.2) is 35.4 Å². The minimum atomic E-state index is -0.125. The summed E-state index contributed by atoms with van der Waals surface area (Å²) in [6.07, 6.45) is 4.30. The molecule has 0 aliphatic carbocycles. The fraction of sp³-hybridized carbons (Fsp3) is 0.474. The predicted octanol–water partition coefficient (Wildman–Crippen LogP) is 1.03. The Morgan fingerprint density at radius 3 is 3.19 bits per heavy atom. The molecule has 1 fully saturated rings. The molecule has 0 saturated carbocycles. The zero-order valence-corrected chi connectivity index (χ0v) is 15.0. The molecule has 7 nitrogen and oxygen atoms in total. The maximum absolute atomic E-state index is 12.0. The molecule has 7 heteroatoms. The summed E-state index contributed by atoms with van der Waals surface area (Å²) in [6.45, 7) is 4.69. The molecule has 0 radical (unpaired) electrons. The molecule has 0 spiro atoms. The molecule has 1 aromatic carbocycles. The number of nitrogens with one attached hydrogen (secondary N) is 1. The Morgan fingerprint density at radius 1 is 1.35 bits per heavy atom. The molecule has 3 heterocycles. The van der Waals surface area contributed by atoms with Crippen LogP contribution in [0.1, 0.15) is 11.1 Å². The van der Waals surface area contributed by atoms with E-state index in [4.69, 9.17) is 9.47 Å². The van der Waals surface area contributed by atoms with Crippen LogP contribution in [0.5, 0.6) is 5.75 Å². The fourth-order valence-electron chi connectivity index (χ4n) is 3.47. The van der Waals surface area contributed by atoms with Gasteiger partial charge in [0.15, 0.2) is 5.82 Å². The van der Waals surface area contributed by atoms with Gasteiger partial charge in [0.1, 0.15) is 5.75 Å². The summed E-state index contributed by atoms with van der Waals surface area (Å²) in [4.78, 5) is 18.5. The molecule has 1 atom stereocenters. The van der Waals surface area contributed by atoms with Crippen LogP contribution < -0.4 is 15.6 Å². The number of aromatic nitrogens is 2. The maximum atomic E-state index is 12.0. The minimum Gasteiger partial charge on any atom is -0.493 e. The third-order valence-corrected chi connectivity index (χ3v) is 4.90. The molecule has 1 N–H and O–H groups in total. The molecule has 1 aromatic heterocycles. The summed E-state index contributed by atoms with van der Waals surface area (Å²) in [5.41, 5.74) is 2.49. The minimum absolute atomic E-state index is 0.0354. The molecule has 0 unspecified atom stereocenters. The van der Waals surface area contributed by atoms with E-state index in [-0.39, 0.29) is 11.7 Å². The highest BCUT2D eigenvalue weighted by Gasteiger charge is 2.21. The van der Waals surface area contributed by atoms with Gasteiger partial charge >= 0.3 is 0 Å². The van der Waals surface area contributed by atoms with Crippen molar-refractivity contribution in [1.29, 1.82) is 0 Å². The number of ether oxygens (including phenoxy) is 2. The zero-order chi connectivity index (χ0) is 17.9. The van der Waals surface area contributed by atoms with Gasteiger partial charge in [-0.05, 0) is 17.2 Å². The summed E-state index contributed by atoms with van der Waals surface area (Å²) in [5.74, 6) is 1.39. The van der Waals surface area contributed by atoms with E-state index in [9.17, 15) is 4.79 Å². The molecule has 26 heavy (non-hydrogen) atoms. The van der Waals surface area contributed by atoms with Gasteiger partial charge < -0.3 is 19.4 Å². The fourth-order valence-corrected chi connectivity index (χ4v) is 3.47. The van der Waals surface area contributed by atoms with Crippen LogP contribution in [-0.2, 0) is 24.8 Å². The van der Waals surface area contributed by atoms with E-state index >= 15 is 0 Å². The molecular weight excluding hydrogens is 332 g/mol. The van der Waals surface area contributed by atoms with Crippen molar-refractivity contribution < 1.29 is 9.47 Å². The van der Waals surface area contributed by atoms with Gasteiger partial charge in [-0.25, -0.2) is 4.98 Å². The predicted molar refractivity (Wildman–Crippen MR) is 98.6 cm³/mol. The summed E-state index contributed by atoms with van der Waals surface area (Å²) in [5, 5.41) is 3.13. The molecular formula is C19H24N4O3. The van der Waals surface area contributed by atoms with Gasteiger partial charge in [0.2, 0.25) is 0 Å². The molecule has 1 saturated heterocycles. The van der Waals surface area contributed by atoms with E-state index in [2.05, 4.69) is 33.4 Å². The van der Waals surface area contributed by atoms with Crippen LogP contribution in [0.2, 0.25) is 0 Å². The van der Waals surface area contributed by atoms with Crippen LogP contribution in [0.25, 0.3) is 0 Å². The molecule has 2 aliphatic heterocycles. The van der Waals surface area contributed by atoms with Crippen LogP contribution in [0, 0.1) is 0 Å². The lowest BCUT2D eigenvalue weighted by Gasteiger charge is -2.33. The third kappa shape index (κ3) is 3.73. The first-order valence-electron chi connectivity index (χ1n) is 9.03. The Morgan fingerprint density at radius 2 is 2.27 bits per heavy atom. The average molecular weight is 356 g/mol. The number of hydrogen-bond donors (Lipinski definition) is 1. The van der Waals surface area contributed by atoms with Gasteiger partial charge in [0.05, 0.1) is 19.3 Å². The SMILES string of the molecule is Cn1ccnc(NC[C@@H]2CN(Cc3ccc4c(c3)CCO4)CCO2)c1=O. The van der Waals surface area contributed by atoms with Crippen molar-refractivity contribution in [3.8, 4) is 5.75 Å². The maximum Gasteiger partial charge on any atom is 0.293 e. The van der Waals surface area contributed by atoms with Crippen molar-refractivity contribution in [3.63, 3.8) is 0 Å². The lowest BCUT2D eigenvalue weighted by molar-refractivity contribution is -0.0240. The number of fused-ring (bicyclic) bond motifs is 1. The lowest BCUT2D eigenvalue weighted by atomic mass is 10.1. The molecule has 2 aromatic rings. The van der Waals surface area contributed by atoms with Crippen molar-refractivity contribution in [2.24, 2.45) is 7.05 Å². The van der Waals surface area contributed by atoms with Crippen LogP contribution in [-0.4, -0.2) is 53.4 Å². The van der Waals surface area contributed by atoms with E-state index in [1.807, 2.05) is 0 Å². The Kier molecular flexibility index (Phi) is 4.90. The monoisotopic (exact) mass is 356 g/mol. The van der Waals surface area contributed by atoms with Gasteiger partial charge in [-0.1, -0.05) is 12.1 Å². The highest BCUT2D eigenvalue weighted by Crippen LogP contribution is 2.26. The van der Waals surface area contributed by atoms with E-state index in [1.54, 1.807) is 19.4 Å². The molecule has 138 valence electrons. The summed E-state index contributed by atoms with van der Waals surface area (Å²) in [6, 6.07) is 6.47. The van der Waals surface area contributed by atoms with Crippen LogP contribution in [0.3, 0.4) is 0 Å². The summed E-state index contributed by atoms with van der Waals surface area (Å²) in [7, 11) is 1.72. The van der Waals surface area contributed by atoms with E-state index in [0.29, 0.717) is 19.0 Å². The largest absolute Gasteiger partial charge is 0.493 e. The van der Waals surface area contributed by atoms with Gasteiger partial charge in [-0.15, -0.1) is 0 Å². The second-order valence-corrected chi connectivity index (χ2v) is 6.84. The van der Waals surface area contributed by atoms with Crippen molar-refractivity contribution in [2.75, 3.05) is 38.2 Å². The molecule has 2 aliphatic rings. The van der Waals surface area contributed by atoms with E-state index in [0.717, 1.165) is 38.4 Å². The number of morpholine rings is 1. The smallest absolute Gasteiger partial charge is 0.293 e. The molecule has 4 rings (SSSR count). The number of benzene rings is 1.